The van der Waals surface area contributed by atoms with Gasteiger partial charge in [0.1, 0.15) is 13.2 Å². The lowest BCUT2D eigenvalue weighted by Gasteiger charge is -2.01. The van der Waals surface area contributed by atoms with Gasteiger partial charge in [0, 0.05) is 0 Å². The summed E-state index contributed by atoms with van der Waals surface area (Å²) in [5.41, 5.74) is 0.753. The van der Waals surface area contributed by atoms with Gasteiger partial charge in [-0.05, 0) is 18.2 Å². The fourth-order valence-corrected chi connectivity index (χ4v) is 1.21. The number of carbonyl (C=O) groups is 2. The minimum absolute atomic E-state index is 0. The molecule has 0 N–H and O–H groups in total. The van der Waals surface area contributed by atoms with Crippen LogP contribution in [0.15, 0.2) is 24.3 Å². The van der Waals surface area contributed by atoms with Crippen LogP contribution < -0.4 is 0 Å². The zero-order valence-electron chi connectivity index (χ0n) is 8.06. The van der Waals surface area contributed by atoms with Crippen LogP contribution in [0, 0.1) is 0 Å². The van der Waals surface area contributed by atoms with E-state index in [1.54, 1.807) is 18.2 Å². The van der Waals surface area contributed by atoms with Gasteiger partial charge in [-0.1, -0.05) is 6.07 Å². The highest BCUT2D eigenvalue weighted by molar-refractivity contribution is 6.92. The molecule has 0 aliphatic carbocycles. The van der Waals surface area contributed by atoms with Crippen molar-refractivity contribution < 1.29 is 19.1 Å². The number of benzene rings is 1. The second-order valence-electron chi connectivity index (χ2n) is 2.85. The summed E-state index contributed by atoms with van der Waals surface area (Å²) in [6.07, 6.45) is 0. The molecule has 5 heteroatoms. The molecule has 1 heterocycles. The van der Waals surface area contributed by atoms with Crippen LogP contribution in [-0.4, -0.2) is 25.2 Å². The Hall–Kier alpha value is -1.41. The van der Waals surface area contributed by atoms with Crippen molar-refractivity contribution >= 4 is 21.8 Å². The zero-order valence-corrected chi connectivity index (χ0v) is 9.48. The van der Waals surface area contributed by atoms with Gasteiger partial charge in [0.25, 0.3) is 0 Å². The van der Waals surface area contributed by atoms with Gasteiger partial charge in [0.15, 0.2) is 0 Å². The Morgan fingerprint density at radius 1 is 0.933 bits per heavy atom. The second kappa shape index (κ2) is 4.89. The molecule has 1 aromatic carbocycles. The maximum atomic E-state index is 11.3. The van der Waals surface area contributed by atoms with Crippen molar-refractivity contribution in [2.45, 2.75) is 0 Å². The predicted molar refractivity (Wildman–Crippen MR) is 58.1 cm³/mol. The van der Waals surface area contributed by atoms with Gasteiger partial charge in [0.05, 0.1) is 11.1 Å². The summed E-state index contributed by atoms with van der Waals surface area (Å²) in [5, 5.41) is 0. The van der Waals surface area contributed by atoms with E-state index in [1.165, 1.54) is 6.07 Å². The second-order valence-corrected chi connectivity index (χ2v) is 2.85. The van der Waals surface area contributed by atoms with Gasteiger partial charge in [-0.3, -0.25) is 0 Å². The lowest BCUT2D eigenvalue weighted by atomic mass is 10.1. The molecular formula is C10H11O4P. The smallest absolute Gasteiger partial charge is 0.338 e. The SMILES string of the molecule is O=C1OCCOC(=O)c2cccc1c2.P. The van der Waals surface area contributed by atoms with Gasteiger partial charge in [-0.2, -0.15) is 9.90 Å². The molecule has 0 spiro atoms. The summed E-state index contributed by atoms with van der Waals surface area (Å²) in [6.45, 7) is 0.200. The number of fused-ring (bicyclic) bond motifs is 2. The number of rotatable bonds is 0. The van der Waals surface area contributed by atoms with E-state index in [2.05, 4.69) is 0 Å². The maximum absolute atomic E-state index is 11.3. The highest BCUT2D eigenvalue weighted by Crippen LogP contribution is 2.10. The summed E-state index contributed by atoms with van der Waals surface area (Å²) < 4.78 is 9.67. The fraction of sp³-hybridized carbons (Fsp3) is 0.200. The molecule has 4 nitrogen and oxygen atoms in total. The van der Waals surface area contributed by atoms with E-state index in [-0.39, 0.29) is 23.1 Å². The van der Waals surface area contributed by atoms with Crippen molar-refractivity contribution in [3.8, 4) is 0 Å². The third kappa shape index (κ3) is 2.54. The molecule has 1 atom stereocenters. The van der Waals surface area contributed by atoms with Crippen molar-refractivity contribution in [2.75, 3.05) is 13.2 Å². The topological polar surface area (TPSA) is 52.6 Å². The first kappa shape index (κ1) is 11.7. The third-order valence-corrected chi connectivity index (χ3v) is 1.88. The normalized spacial score (nSPS) is 14.9. The highest BCUT2D eigenvalue weighted by Gasteiger charge is 2.14. The number of cyclic esters (lactones) is 2. The van der Waals surface area contributed by atoms with Crippen LogP contribution in [0.2, 0.25) is 0 Å². The van der Waals surface area contributed by atoms with Gasteiger partial charge in [-0.15, -0.1) is 0 Å². The number of hydrogen-bond acceptors (Lipinski definition) is 4. The van der Waals surface area contributed by atoms with Crippen molar-refractivity contribution in [1.82, 2.24) is 0 Å². The Kier molecular flexibility index (Phi) is 3.81. The van der Waals surface area contributed by atoms with Crippen molar-refractivity contribution in [3.63, 3.8) is 0 Å². The van der Waals surface area contributed by atoms with Crippen LogP contribution in [-0.2, 0) is 9.47 Å². The first-order valence-electron chi connectivity index (χ1n) is 4.22. The lowest BCUT2D eigenvalue weighted by molar-refractivity contribution is 0.0277. The lowest BCUT2D eigenvalue weighted by Crippen LogP contribution is -2.10. The van der Waals surface area contributed by atoms with E-state index in [0.29, 0.717) is 11.1 Å². The van der Waals surface area contributed by atoms with E-state index in [4.69, 9.17) is 9.47 Å². The average molecular weight is 226 g/mol. The van der Waals surface area contributed by atoms with Crippen LogP contribution in [0.5, 0.6) is 0 Å². The Morgan fingerprint density at radius 2 is 1.40 bits per heavy atom. The monoisotopic (exact) mass is 226 g/mol. The molecule has 0 amide bonds. The van der Waals surface area contributed by atoms with Crippen LogP contribution in [0.3, 0.4) is 0 Å². The molecule has 80 valence electrons. The Bertz CT molecular complexity index is 356. The summed E-state index contributed by atoms with van der Waals surface area (Å²) in [7, 11) is 0. The van der Waals surface area contributed by atoms with Crippen LogP contribution in [0.4, 0.5) is 0 Å². The molecule has 0 aromatic heterocycles. The van der Waals surface area contributed by atoms with Crippen LogP contribution in [0.25, 0.3) is 0 Å². The van der Waals surface area contributed by atoms with Gasteiger partial charge in [-0.25, -0.2) is 9.59 Å². The molecule has 2 bridgehead atoms. The van der Waals surface area contributed by atoms with Crippen LogP contribution >= 0.6 is 9.90 Å². The third-order valence-electron chi connectivity index (χ3n) is 1.88. The zero-order chi connectivity index (χ0) is 9.97. The summed E-state index contributed by atoms with van der Waals surface area (Å²) in [5.74, 6) is -0.852. The van der Waals surface area contributed by atoms with E-state index < -0.39 is 11.9 Å². The Morgan fingerprint density at radius 3 is 1.87 bits per heavy atom. The van der Waals surface area contributed by atoms with Gasteiger partial charge < -0.3 is 9.47 Å². The van der Waals surface area contributed by atoms with Crippen molar-refractivity contribution in [3.05, 3.63) is 35.4 Å². The number of esters is 2. The fourth-order valence-electron chi connectivity index (χ4n) is 1.21. The molecule has 15 heavy (non-hydrogen) atoms. The molecule has 0 saturated carbocycles. The van der Waals surface area contributed by atoms with Gasteiger partial charge >= 0.3 is 11.9 Å². The van der Waals surface area contributed by atoms with Crippen molar-refractivity contribution in [1.29, 1.82) is 0 Å². The van der Waals surface area contributed by atoms with E-state index in [0.717, 1.165) is 0 Å². The van der Waals surface area contributed by atoms with Gasteiger partial charge in [0.2, 0.25) is 0 Å². The summed E-state index contributed by atoms with van der Waals surface area (Å²) >= 11 is 0. The quantitative estimate of drug-likeness (QED) is 0.490. The van der Waals surface area contributed by atoms with Crippen LogP contribution in [0.1, 0.15) is 20.7 Å². The molecule has 0 saturated heterocycles. The molecular weight excluding hydrogens is 215 g/mol. The predicted octanol–water partition coefficient (Wildman–Crippen LogP) is 1.07. The van der Waals surface area contributed by atoms with E-state index in [9.17, 15) is 9.59 Å². The molecule has 1 aliphatic rings. The van der Waals surface area contributed by atoms with E-state index in [1.807, 2.05) is 0 Å². The largest absolute Gasteiger partial charge is 0.458 e. The highest BCUT2D eigenvalue weighted by atomic mass is 31.0. The molecule has 2 rings (SSSR count). The number of carbonyl (C=O) groups excluding carboxylic acids is 2. The van der Waals surface area contributed by atoms with E-state index >= 15 is 0 Å². The maximum Gasteiger partial charge on any atom is 0.338 e. The first-order chi connectivity index (χ1) is 6.77. The molecule has 1 aromatic rings. The average Bonchev–Trinajstić information content (AvgIpc) is 2.26. The number of hydrogen-bond donors (Lipinski definition) is 0. The summed E-state index contributed by atoms with van der Waals surface area (Å²) in [6, 6.07) is 6.30. The minimum atomic E-state index is -0.426. The Balaban J connectivity index is 0.00000112. The summed E-state index contributed by atoms with van der Waals surface area (Å²) in [4.78, 5) is 22.6. The standard InChI is InChI=1S/C10H8O4.H3P/c11-9-7-2-1-3-8(6-7)10(12)14-5-4-13-9;/h1-3,6H,4-5H2;1H3. The molecule has 0 fully saturated rings. The molecule has 0 radical (unpaired) electrons. The molecule has 1 aliphatic heterocycles. The first-order valence-corrected chi connectivity index (χ1v) is 4.22. The molecule has 1 unspecified atom stereocenters. The minimum Gasteiger partial charge on any atom is -0.458 e. The van der Waals surface area contributed by atoms with Crippen molar-refractivity contribution in [2.24, 2.45) is 0 Å². The Labute approximate surface area is 90.2 Å². The number of ether oxygens (including phenoxy) is 2.